The molecule has 1 fully saturated rings. The van der Waals surface area contributed by atoms with Crippen molar-refractivity contribution in [3.05, 3.63) is 35.4 Å². The van der Waals surface area contributed by atoms with Crippen LogP contribution in [-0.4, -0.2) is 29.7 Å². The second-order valence-electron chi connectivity index (χ2n) is 7.03. The molecule has 3 nitrogen and oxygen atoms in total. The zero-order valence-corrected chi connectivity index (χ0v) is 14.7. The highest BCUT2D eigenvalue weighted by Gasteiger charge is 2.23. The minimum atomic E-state index is 0.168. The average Bonchev–Trinajstić information content (AvgIpc) is 2.54. The molecule has 1 aliphatic rings. The maximum absolute atomic E-state index is 12.2. The van der Waals surface area contributed by atoms with Crippen LogP contribution >= 0.6 is 0 Å². The molecule has 0 unspecified atom stereocenters. The van der Waals surface area contributed by atoms with Gasteiger partial charge in [-0.3, -0.25) is 4.79 Å². The van der Waals surface area contributed by atoms with Crippen molar-refractivity contribution in [3.63, 3.8) is 0 Å². The van der Waals surface area contributed by atoms with E-state index in [1.54, 1.807) is 6.92 Å². The van der Waals surface area contributed by atoms with E-state index in [9.17, 15) is 9.59 Å². The van der Waals surface area contributed by atoms with Crippen LogP contribution in [0.4, 0.5) is 0 Å². The molecule has 23 heavy (non-hydrogen) atoms. The molecule has 126 valence electrons. The minimum absolute atomic E-state index is 0.168. The lowest BCUT2D eigenvalue weighted by Gasteiger charge is -2.32. The predicted molar refractivity (Wildman–Crippen MR) is 93.6 cm³/mol. The standard InChI is InChI=1S/C20H29NO2/c1-15(2)17-7-9-18(10-8-17)19-11-13-21(14-12-19)20(23)6-4-5-16(3)22/h7-10,15,19H,4-6,11-14H2,1-3H3. The fourth-order valence-corrected chi connectivity index (χ4v) is 3.26. The van der Waals surface area contributed by atoms with Gasteiger partial charge in [0.15, 0.2) is 0 Å². The number of carbonyl (C=O) groups excluding carboxylic acids is 2. The van der Waals surface area contributed by atoms with Gasteiger partial charge in [0.05, 0.1) is 0 Å². The average molecular weight is 315 g/mol. The van der Waals surface area contributed by atoms with Crippen LogP contribution in [0.2, 0.25) is 0 Å². The topological polar surface area (TPSA) is 37.4 Å². The molecule has 0 spiro atoms. The number of amides is 1. The summed E-state index contributed by atoms with van der Waals surface area (Å²) in [6.07, 6.45) is 3.79. The molecule has 1 aromatic rings. The number of piperidine rings is 1. The first-order valence-corrected chi connectivity index (χ1v) is 8.84. The van der Waals surface area contributed by atoms with Gasteiger partial charge < -0.3 is 9.69 Å². The third kappa shape index (κ3) is 5.19. The molecule has 1 amide bonds. The van der Waals surface area contributed by atoms with Crippen molar-refractivity contribution in [2.24, 2.45) is 0 Å². The lowest BCUT2D eigenvalue weighted by Crippen LogP contribution is -2.37. The number of hydrogen-bond donors (Lipinski definition) is 0. The third-order valence-corrected chi connectivity index (χ3v) is 4.84. The van der Waals surface area contributed by atoms with Gasteiger partial charge in [-0.15, -0.1) is 0 Å². The van der Waals surface area contributed by atoms with E-state index < -0.39 is 0 Å². The van der Waals surface area contributed by atoms with E-state index in [1.165, 1.54) is 11.1 Å². The summed E-state index contributed by atoms with van der Waals surface area (Å²) >= 11 is 0. The quantitative estimate of drug-likeness (QED) is 0.786. The van der Waals surface area contributed by atoms with E-state index in [1.807, 2.05) is 4.90 Å². The highest BCUT2D eigenvalue weighted by atomic mass is 16.2. The zero-order valence-electron chi connectivity index (χ0n) is 14.7. The monoisotopic (exact) mass is 315 g/mol. The molecule has 0 bridgehead atoms. The fourth-order valence-electron chi connectivity index (χ4n) is 3.26. The van der Waals surface area contributed by atoms with Crippen LogP contribution in [0.15, 0.2) is 24.3 Å². The second kappa shape index (κ2) is 8.28. The van der Waals surface area contributed by atoms with Gasteiger partial charge in [-0.05, 0) is 49.1 Å². The summed E-state index contributed by atoms with van der Waals surface area (Å²) in [6, 6.07) is 8.98. The van der Waals surface area contributed by atoms with E-state index in [0.717, 1.165) is 25.9 Å². The summed E-state index contributed by atoms with van der Waals surface area (Å²) in [7, 11) is 0. The lowest BCUT2D eigenvalue weighted by atomic mass is 9.88. The smallest absolute Gasteiger partial charge is 0.222 e. The summed E-state index contributed by atoms with van der Waals surface area (Å²) in [5.41, 5.74) is 2.78. The summed E-state index contributed by atoms with van der Waals surface area (Å²) in [5.74, 6) is 1.51. The SMILES string of the molecule is CC(=O)CCCC(=O)N1CCC(c2ccc(C(C)C)cc2)CC1. The van der Waals surface area contributed by atoms with Gasteiger partial charge >= 0.3 is 0 Å². The van der Waals surface area contributed by atoms with Gasteiger partial charge in [0.25, 0.3) is 0 Å². The van der Waals surface area contributed by atoms with Crippen molar-refractivity contribution in [1.29, 1.82) is 0 Å². The molecule has 0 radical (unpaired) electrons. The van der Waals surface area contributed by atoms with Gasteiger partial charge in [-0.2, -0.15) is 0 Å². The van der Waals surface area contributed by atoms with E-state index in [0.29, 0.717) is 31.1 Å². The Morgan fingerprint density at radius 2 is 1.70 bits per heavy atom. The molecule has 0 aromatic heterocycles. The number of nitrogens with zero attached hydrogens (tertiary/aromatic N) is 1. The van der Waals surface area contributed by atoms with Crippen LogP contribution in [0.1, 0.15) is 75.8 Å². The molecule has 1 heterocycles. The molecule has 1 aliphatic heterocycles. The maximum Gasteiger partial charge on any atom is 0.222 e. The number of Topliss-reactive ketones (excluding diaryl/α,β-unsaturated/α-hetero) is 1. The molecule has 0 aliphatic carbocycles. The van der Waals surface area contributed by atoms with Gasteiger partial charge in [0, 0.05) is 25.9 Å². The van der Waals surface area contributed by atoms with Crippen LogP contribution in [0.25, 0.3) is 0 Å². The van der Waals surface area contributed by atoms with Crippen LogP contribution in [0, 0.1) is 0 Å². The molecule has 0 atom stereocenters. The highest BCUT2D eigenvalue weighted by molar-refractivity contribution is 5.78. The molecule has 2 rings (SSSR count). The van der Waals surface area contributed by atoms with E-state index in [-0.39, 0.29) is 11.7 Å². The second-order valence-corrected chi connectivity index (χ2v) is 7.03. The first-order valence-electron chi connectivity index (χ1n) is 8.84. The molecule has 0 N–H and O–H groups in total. The zero-order chi connectivity index (χ0) is 16.8. The van der Waals surface area contributed by atoms with Gasteiger partial charge in [-0.25, -0.2) is 0 Å². The van der Waals surface area contributed by atoms with Gasteiger partial charge in [0.1, 0.15) is 5.78 Å². The predicted octanol–water partition coefficient (Wildman–Crippen LogP) is 4.28. The fraction of sp³-hybridized carbons (Fsp3) is 0.600. The van der Waals surface area contributed by atoms with Crippen LogP contribution < -0.4 is 0 Å². The minimum Gasteiger partial charge on any atom is -0.343 e. The van der Waals surface area contributed by atoms with Gasteiger partial charge in [-0.1, -0.05) is 38.1 Å². The Hall–Kier alpha value is -1.64. The number of carbonyl (C=O) groups is 2. The Bertz CT molecular complexity index is 525. The molecule has 3 heteroatoms. The molecular weight excluding hydrogens is 286 g/mol. The molecule has 0 saturated carbocycles. The first-order chi connectivity index (χ1) is 11.0. The largest absolute Gasteiger partial charge is 0.343 e. The van der Waals surface area contributed by atoms with Crippen LogP contribution in [0.3, 0.4) is 0 Å². The van der Waals surface area contributed by atoms with Crippen LogP contribution in [0.5, 0.6) is 0 Å². The molecular formula is C20H29NO2. The maximum atomic E-state index is 12.2. The van der Waals surface area contributed by atoms with Gasteiger partial charge in [0.2, 0.25) is 5.91 Å². The number of likely N-dealkylation sites (tertiary alicyclic amines) is 1. The summed E-state index contributed by atoms with van der Waals surface area (Å²) in [5, 5.41) is 0. The lowest BCUT2D eigenvalue weighted by molar-refractivity contribution is -0.132. The normalized spacial score (nSPS) is 15.9. The summed E-state index contributed by atoms with van der Waals surface area (Å²) in [6.45, 7) is 7.70. The van der Waals surface area contributed by atoms with E-state index in [4.69, 9.17) is 0 Å². The Morgan fingerprint density at radius 1 is 1.09 bits per heavy atom. The molecule has 1 saturated heterocycles. The number of ketones is 1. The summed E-state index contributed by atoms with van der Waals surface area (Å²) < 4.78 is 0. The van der Waals surface area contributed by atoms with Crippen molar-refractivity contribution in [2.75, 3.05) is 13.1 Å². The Balaban J connectivity index is 1.81. The van der Waals surface area contributed by atoms with Crippen molar-refractivity contribution < 1.29 is 9.59 Å². The van der Waals surface area contributed by atoms with Crippen molar-refractivity contribution >= 4 is 11.7 Å². The Kier molecular flexibility index (Phi) is 6.37. The Labute approximate surface area is 140 Å². The van der Waals surface area contributed by atoms with E-state index >= 15 is 0 Å². The third-order valence-electron chi connectivity index (χ3n) is 4.84. The van der Waals surface area contributed by atoms with Crippen molar-refractivity contribution in [2.45, 2.75) is 64.7 Å². The number of rotatable bonds is 6. The number of hydrogen-bond acceptors (Lipinski definition) is 2. The van der Waals surface area contributed by atoms with Crippen LogP contribution in [-0.2, 0) is 9.59 Å². The summed E-state index contributed by atoms with van der Waals surface area (Å²) in [4.78, 5) is 25.1. The Morgan fingerprint density at radius 3 is 2.22 bits per heavy atom. The van der Waals surface area contributed by atoms with Crippen molar-refractivity contribution in [1.82, 2.24) is 4.90 Å². The molecule has 1 aromatic carbocycles. The number of benzene rings is 1. The van der Waals surface area contributed by atoms with E-state index in [2.05, 4.69) is 38.1 Å². The highest BCUT2D eigenvalue weighted by Crippen LogP contribution is 2.29. The first kappa shape index (κ1) is 17.7. The van der Waals surface area contributed by atoms with Crippen molar-refractivity contribution in [3.8, 4) is 0 Å².